The first-order valence-electron chi connectivity index (χ1n) is 11.7. The number of rotatable bonds is 6. The van der Waals surface area contributed by atoms with Gasteiger partial charge in [0.05, 0.1) is 17.5 Å². The summed E-state index contributed by atoms with van der Waals surface area (Å²) in [4.78, 5) is 30.8. The SMILES string of the molecule is CCCn1nc(CC(=O)N2CCCCC2CN2CCCCC2)c2ccccc2c1=O. The molecule has 2 aliphatic rings. The van der Waals surface area contributed by atoms with E-state index >= 15 is 0 Å². The Kier molecular flexibility index (Phi) is 6.82. The monoisotopic (exact) mass is 410 g/mol. The lowest BCUT2D eigenvalue weighted by molar-refractivity contribution is -0.134. The van der Waals surface area contributed by atoms with Crippen molar-refractivity contribution < 1.29 is 4.79 Å². The molecule has 30 heavy (non-hydrogen) atoms. The third-order valence-electron chi connectivity index (χ3n) is 6.56. The quantitative estimate of drug-likeness (QED) is 0.734. The van der Waals surface area contributed by atoms with Gasteiger partial charge in [0.25, 0.3) is 5.56 Å². The van der Waals surface area contributed by atoms with E-state index in [1.165, 1.54) is 30.4 Å². The largest absolute Gasteiger partial charge is 0.338 e. The minimum Gasteiger partial charge on any atom is -0.338 e. The number of benzene rings is 1. The molecule has 2 aromatic rings. The van der Waals surface area contributed by atoms with Gasteiger partial charge in [-0.15, -0.1) is 0 Å². The summed E-state index contributed by atoms with van der Waals surface area (Å²) in [6, 6.07) is 7.87. The first-order chi connectivity index (χ1) is 14.7. The van der Waals surface area contributed by atoms with Crippen molar-refractivity contribution in [1.82, 2.24) is 19.6 Å². The fourth-order valence-corrected chi connectivity index (χ4v) is 5.00. The molecule has 0 bridgehead atoms. The standard InChI is InChI=1S/C24H34N4O2/c1-2-13-28-24(30)21-12-5-4-11-20(21)22(25-28)17-23(29)27-16-9-6-10-19(27)18-26-14-7-3-8-15-26/h4-5,11-12,19H,2-3,6-10,13-18H2,1H3. The number of aryl methyl sites for hydroxylation is 1. The summed E-state index contributed by atoms with van der Waals surface area (Å²) in [6.07, 6.45) is 8.34. The van der Waals surface area contributed by atoms with Crippen LogP contribution in [0.4, 0.5) is 0 Å². The predicted molar refractivity (Wildman–Crippen MR) is 120 cm³/mol. The Morgan fingerprint density at radius 3 is 2.53 bits per heavy atom. The Labute approximate surface area is 178 Å². The number of aromatic nitrogens is 2. The average Bonchev–Trinajstić information content (AvgIpc) is 2.78. The number of fused-ring (bicyclic) bond motifs is 1. The van der Waals surface area contributed by atoms with E-state index in [2.05, 4.69) is 14.9 Å². The summed E-state index contributed by atoms with van der Waals surface area (Å²) in [5.74, 6) is 0.149. The van der Waals surface area contributed by atoms with Crippen LogP contribution in [0.2, 0.25) is 0 Å². The van der Waals surface area contributed by atoms with E-state index in [9.17, 15) is 9.59 Å². The molecule has 1 unspecified atom stereocenters. The van der Waals surface area contributed by atoms with Gasteiger partial charge in [-0.05, 0) is 57.7 Å². The van der Waals surface area contributed by atoms with Gasteiger partial charge in [0, 0.05) is 31.1 Å². The first-order valence-corrected chi connectivity index (χ1v) is 11.7. The van der Waals surface area contributed by atoms with Crippen LogP contribution >= 0.6 is 0 Å². The van der Waals surface area contributed by atoms with Gasteiger partial charge in [-0.25, -0.2) is 4.68 Å². The third kappa shape index (κ3) is 4.59. The smallest absolute Gasteiger partial charge is 0.274 e. The summed E-state index contributed by atoms with van der Waals surface area (Å²) in [6.45, 7) is 6.76. The number of carbonyl (C=O) groups excluding carboxylic acids is 1. The number of hydrogen-bond donors (Lipinski definition) is 0. The van der Waals surface area contributed by atoms with E-state index in [1.807, 2.05) is 31.2 Å². The molecule has 4 rings (SSSR count). The summed E-state index contributed by atoms with van der Waals surface area (Å²) >= 11 is 0. The highest BCUT2D eigenvalue weighted by Crippen LogP contribution is 2.22. The van der Waals surface area contributed by atoms with Crippen LogP contribution in [0.5, 0.6) is 0 Å². The van der Waals surface area contributed by atoms with Crippen molar-refractivity contribution in [2.75, 3.05) is 26.2 Å². The van der Waals surface area contributed by atoms with Crippen LogP contribution in [-0.4, -0.2) is 57.7 Å². The Morgan fingerprint density at radius 1 is 1.03 bits per heavy atom. The van der Waals surface area contributed by atoms with Crippen LogP contribution in [0.1, 0.15) is 57.6 Å². The highest BCUT2D eigenvalue weighted by atomic mass is 16.2. The summed E-state index contributed by atoms with van der Waals surface area (Å²) < 4.78 is 1.53. The molecule has 1 aromatic carbocycles. The van der Waals surface area contributed by atoms with Crippen molar-refractivity contribution in [2.24, 2.45) is 0 Å². The van der Waals surface area contributed by atoms with Crippen molar-refractivity contribution in [1.29, 1.82) is 0 Å². The van der Waals surface area contributed by atoms with E-state index in [1.54, 1.807) is 0 Å². The van der Waals surface area contributed by atoms with Gasteiger partial charge >= 0.3 is 0 Å². The normalized spacial score (nSPS) is 20.6. The number of likely N-dealkylation sites (tertiary alicyclic amines) is 2. The molecule has 1 atom stereocenters. The van der Waals surface area contributed by atoms with E-state index in [-0.39, 0.29) is 17.9 Å². The summed E-state index contributed by atoms with van der Waals surface area (Å²) in [5, 5.41) is 6.08. The zero-order valence-electron chi connectivity index (χ0n) is 18.2. The molecule has 0 aliphatic carbocycles. The van der Waals surface area contributed by atoms with Gasteiger partial charge in [-0.2, -0.15) is 5.10 Å². The Morgan fingerprint density at radius 2 is 1.77 bits per heavy atom. The van der Waals surface area contributed by atoms with E-state index < -0.39 is 0 Å². The van der Waals surface area contributed by atoms with Gasteiger partial charge in [-0.3, -0.25) is 9.59 Å². The van der Waals surface area contributed by atoms with Crippen molar-refractivity contribution in [3.05, 3.63) is 40.3 Å². The highest BCUT2D eigenvalue weighted by molar-refractivity contribution is 5.88. The molecule has 1 aromatic heterocycles. The molecule has 2 saturated heterocycles. The zero-order chi connectivity index (χ0) is 20.9. The van der Waals surface area contributed by atoms with E-state index in [0.717, 1.165) is 56.5 Å². The molecule has 0 N–H and O–H groups in total. The van der Waals surface area contributed by atoms with E-state index in [4.69, 9.17) is 0 Å². The third-order valence-corrected chi connectivity index (χ3v) is 6.56. The summed E-state index contributed by atoms with van der Waals surface area (Å²) in [5.41, 5.74) is 0.663. The maximum Gasteiger partial charge on any atom is 0.274 e. The van der Waals surface area contributed by atoms with Gasteiger partial charge in [0.15, 0.2) is 0 Å². The molecular weight excluding hydrogens is 376 g/mol. The minimum atomic E-state index is -0.0652. The number of amides is 1. The van der Waals surface area contributed by atoms with Gasteiger partial charge in [-0.1, -0.05) is 31.5 Å². The Balaban J connectivity index is 1.56. The van der Waals surface area contributed by atoms with Crippen LogP contribution in [0, 0.1) is 0 Å². The maximum absolute atomic E-state index is 13.4. The van der Waals surface area contributed by atoms with Gasteiger partial charge < -0.3 is 9.80 Å². The van der Waals surface area contributed by atoms with Crippen LogP contribution < -0.4 is 5.56 Å². The molecule has 2 fully saturated rings. The van der Waals surface area contributed by atoms with Crippen molar-refractivity contribution in [3.8, 4) is 0 Å². The molecule has 1 amide bonds. The molecule has 0 radical (unpaired) electrons. The molecule has 3 heterocycles. The zero-order valence-corrected chi connectivity index (χ0v) is 18.2. The summed E-state index contributed by atoms with van der Waals surface area (Å²) in [7, 11) is 0. The molecule has 6 nitrogen and oxygen atoms in total. The van der Waals surface area contributed by atoms with Crippen molar-refractivity contribution >= 4 is 16.7 Å². The topological polar surface area (TPSA) is 58.4 Å². The fraction of sp³-hybridized carbons (Fsp3) is 0.625. The average molecular weight is 411 g/mol. The molecule has 162 valence electrons. The van der Waals surface area contributed by atoms with Crippen LogP contribution in [0.25, 0.3) is 10.8 Å². The lowest BCUT2D eigenvalue weighted by Gasteiger charge is -2.39. The lowest BCUT2D eigenvalue weighted by atomic mass is 9.99. The van der Waals surface area contributed by atoms with Crippen LogP contribution in [-0.2, 0) is 17.8 Å². The molecule has 2 aliphatic heterocycles. The fourth-order valence-electron chi connectivity index (χ4n) is 5.00. The first kappa shape index (κ1) is 21.0. The molecule has 6 heteroatoms. The van der Waals surface area contributed by atoms with Crippen molar-refractivity contribution in [2.45, 2.75) is 70.9 Å². The second-order valence-corrected chi connectivity index (χ2v) is 8.80. The van der Waals surface area contributed by atoms with Gasteiger partial charge in [0.2, 0.25) is 5.91 Å². The van der Waals surface area contributed by atoms with Gasteiger partial charge in [0.1, 0.15) is 0 Å². The van der Waals surface area contributed by atoms with Crippen LogP contribution in [0.3, 0.4) is 0 Å². The number of carbonyl (C=O) groups is 1. The van der Waals surface area contributed by atoms with E-state index in [0.29, 0.717) is 18.0 Å². The van der Waals surface area contributed by atoms with Crippen LogP contribution in [0.15, 0.2) is 29.1 Å². The second-order valence-electron chi connectivity index (χ2n) is 8.80. The Hall–Kier alpha value is -2.21. The highest BCUT2D eigenvalue weighted by Gasteiger charge is 2.29. The molecule has 0 saturated carbocycles. The van der Waals surface area contributed by atoms with Crippen molar-refractivity contribution in [3.63, 3.8) is 0 Å². The number of nitrogens with zero attached hydrogens (tertiary/aromatic N) is 4. The number of hydrogen-bond acceptors (Lipinski definition) is 4. The predicted octanol–water partition coefficient (Wildman–Crippen LogP) is 3.22. The maximum atomic E-state index is 13.4. The molecule has 0 spiro atoms. The minimum absolute atomic E-state index is 0.0652. The lowest BCUT2D eigenvalue weighted by Crippen LogP contribution is -2.50. The Bertz CT molecular complexity index is 932. The second kappa shape index (κ2) is 9.73. The number of piperidine rings is 2. The molecular formula is C24H34N4O2.